The summed E-state index contributed by atoms with van der Waals surface area (Å²) >= 11 is 1.40. The lowest BCUT2D eigenvalue weighted by Gasteiger charge is -2.21. The predicted molar refractivity (Wildman–Crippen MR) is 127 cm³/mol. The Morgan fingerprint density at radius 1 is 1.21 bits per heavy atom. The second-order valence-corrected chi connectivity index (χ2v) is 9.47. The number of carbonyl (C=O) groups excluding carboxylic acids is 2. The number of aryl methyl sites for hydroxylation is 1. The Bertz CT molecular complexity index is 1130. The summed E-state index contributed by atoms with van der Waals surface area (Å²) in [7, 11) is 0. The van der Waals surface area contributed by atoms with Crippen LogP contribution in [0.15, 0.2) is 48.9 Å². The van der Waals surface area contributed by atoms with Crippen molar-refractivity contribution in [1.82, 2.24) is 15.3 Å². The lowest BCUT2D eigenvalue weighted by Crippen LogP contribution is -2.44. The van der Waals surface area contributed by atoms with Crippen LogP contribution >= 0.6 is 11.3 Å². The summed E-state index contributed by atoms with van der Waals surface area (Å²) < 4.78 is 13.9. The topological polar surface area (TPSA) is 96.0 Å². The normalized spacial score (nSPS) is 14.6. The first-order chi connectivity index (χ1) is 16.0. The molecule has 2 amide bonds. The minimum atomic E-state index is -0.668. The number of benzene rings is 1. The summed E-state index contributed by atoms with van der Waals surface area (Å²) in [6.45, 7) is 1.92. The van der Waals surface area contributed by atoms with Crippen molar-refractivity contribution in [2.75, 3.05) is 10.6 Å². The molecule has 2 heterocycles. The number of nitrogens with one attached hydrogen (secondary N) is 3. The van der Waals surface area contributed by atoms with E-state index in [0.717, 1.165) is 36.8 Å². The Labute approximate surface area is 195 Å². The van der Waals surface area contributed by atoms with E-state index in [1.807, 2.05) is 6.92 Å². The van der Waals surface area contributed by atoms with Crippen molar-refractivity contribution in [3.05, 3.63) is 65.2 Å². The average Bonchev–Trinajstić information content (AvgIpc) is 3.46. The summed E-state index contributed by atoms with van der Waals surface area (Å²) in [5, 5.41) is 9.22. The zero-order valence-electron chi connectivity index (χ0n) is 18.3. The maximum atomic E-state index is 13.9. The molecule has 0 unspecified atom stereocenters. The molecule has 0 radical (unpaired) electrons. The van der Waals surface area contributed by atoms with E-state index in [0.29, 0.717) is 28.7 Å². The number of rotatable bonds is 8. The molecule has 3 aromatic rings. The van der Waals surface area contributed by atoms with Crippen LogP contribution in [0.25, 0.3) is 0 Å². The molecular formula is C24H26FN5O2S. The Kier molecular flexibility index (Phi) is 7.29. The molecule has 1 aromatic carbocycles. The molecule has 9 heteroatoms. The van der Waals surface area contributed by atoms with Crippen LogP contribution in [-0.4, -0.2) is 27.8 Å². The molecule has 7 nitrogen and oxygen atoms in total. The fourth-order valence-corrected chi connectivity index (χ4v) is 4.70. The van der Waals surface area contributed by atoms with Gasteiger partial charge in [-0.25, -0.2) is 9.37 Å². The van der Waals surface area contributed by atoms with E-state index in [2.05, 4.69) is 25.9 Å². The molecule has 3 N–H and O–H groups in total. The Balaban J connectivity index is 1.47. The predicted octanol–water partition coefficient (Wildman–Crippen LogP) is 5.05. The van der Waals surface area contributed by atoms with E-state index in [9.17, 15) is 14.0 Å². The minimum absolute atomic E-state index is 0.264. The van der Waals surface area contributed by atoms with E-state index in [4.69, 9.17) is 0 Å². The van der Waals surface area contributed by atoms with Crippen molar-refractivity contribution in [3.8, 4) is 0 Å². The van der Waals surface area contributed by atoms with Gasteiger partial charge in [0.15, 0.2) is 10.9 Å². The van der Waals surface area contributed by atoms with E-state index in [1.54, 1.807) is 30.5 Å². The number of nitrogens with zero attached hydrogens (tertiary/aromatic N) is 2. The number of carbonyl (C=O) groups is 2. The first-order valence-electron chi connectivity index (χ1n) is 11.0. The van der Waals surface area contributed by atoms with E-state index < -0.39 is 11.9 Å². The summed E-state index contributed by atoms with van der Waals surface area (Å²) in [6, 6.07) is 7.59. The number of pyridine rings is 1. The first-order valence-corrected chi connectivity index (χ1v) is 11.8. The molecule has 1 fully saturated rings. The van der Waals surface area contributed by atoms with Crippen LogP contribution < -0.4 is 16.0 Å². The van der Waals surface area contributed by atoms with Crippen LogP contribution in [0.4, 0.5) is 20.9 Å². The Morgan fingerprint density at radius 3 is 2.76 bits per heavy atom. The van der Waals surface area contributed by atoms with Crippen LogP contribution in [0.1, 0.15) is 47.3 Å². The molecule has 0 saturated heterocycles. The SMILES string of the molecule is Cc1cnc(NC(=O)[C@H](CC2CCCC2)NC(=O)c2cccc(Nc3ccncc3F)c2)s1. The minimum Gasteiger partial charge on any atom is -0.353 e. The van der Waals surface area contributed by atoms with Crippen molar-refractivity contribution in [3.63, 3.8) is 0 Å². The smallest absolute Gasteiger partial charge is 0.252 e. The molecule has 0 aliphatic heterocycles. The van der Waals surface area contributed by atoms with E-state index in [1.165, 1.54) is 23.6 Å². The number of amides is 2. The zero-order valence-corrected chi connectivity index (χ0v) is 19.1. The maximum Gasteiger partial charge on any atom is 0.252 e. The highest BCUT2D eigenvalue weighted by atomic mass is 32.1. The number of aromatic nitrogens is 2. The standard InChI is InChI=1S/C24H26FN5O2S/c1-15-13-27-24(33-15)30-23(32)21(11-16-5-2-3-6-16)29-22(31)17-7-4-8-18(12-17)28-20-9-10-26-14-19(20)25/h4,7-10,12-14,16,21H,2-3,5-6,11H2,1H3,(H,26,28)(H,29,31)(H,27,30,32)/t21-/m0/s1. The third kappa shape index (κ3) is 6.13. The van der Waals surface area contributed by atoms with Gasteiger partial charge in [0, 0.05) is 28.5 Å². The Morgan fingerprint density at radius 2 is 2.03 bits per heavy atom. The van der Waals surface area contributed by atoms with Crippen molar-refractivity contribution in [2.45, 2.75) is 45.1 Å². The fourth-order valence-electron chi connectivity index (χ4n) is 4.03. The van der Waals surface area contributed by atoms with Gasteiger partial charge in [0.2, 0.25) is 5.91 Å². The summed E-state index contributed by atoms with van der Waals surface area (Å²) in [5.74, 6) is -0.708. The number of hydrogen-bond acceptors (Lipinski definition) is 6. The average molecular weight is 468 g/mol. The van der Waals surface area contributed by atoms with E-state index in [-0.39, 0.29) is 17.5 Å². The molecule has 172 valence electrons. The van der Waals surface area contributed by atoms with Gasteiger partial charge in [0.1, 0.15) is 6.04 Å². The molecular weight excluding hydrogens is 441 g/mol. The lowest BCUT2D eigenvalue weighted by atomic mass is 9.97. The molecule has 0 spiro atoms. The van der Waals surface area contributed by atoms with Gasteiger partial charge in [-0.05, 0) is 43.5 Å². The number of hydrogen-bond donors (Lipinski definition) is 3. The second-order valence-electron chi connectivity index (χ2n) is 8.24. The van der Waals surface area contributed by atoms with Gasteiger partial charge in [0.25, 0.3) is 5.91 Å². The number of anilines is 3. The van der Waals surface area contributed by atoms with Crippen molar-refractivity contribution in [2.24, 2.45) is 5.92 Å². The van der Waals surface area contributed by atoms with Gasteiger partial charge < -0.3 is 16.0 Å². The van der Waals surface area contributed by atoms with Gasteiger partial charge in [-0.2, -0.15) is 0 Å². The first kappa shape index (κ1) is 22.8. The molecule has 2 aromatic heterocycles. The third-order valence-electron chi connectivity index (χ3n) is 5.69. The Hall–Kier alpha value is -3.33. The number of halogens is 1. The lowest BCUT2D eigenvalue weighted by molar-refractivity contribution is -0.118. The molecule has 33 heavy (non-hydrogen) atoms. The van der Waals surface area contributed by atoms with Gasteiger partial charge in [0.05, 0.1) is 11.9 Å². The summed E-state index contributed by atoms with van der Waals surface area (Å²) in [6.07, 6.45) is 9.32. The quantitative estimate of drug-likeness (QED) is 0.431. The molecule has 1 aliphatic rings. The van der Waals surface area contributed by atoms with Crippen molar-refractivity contribution < 1.29 is 14.0 Å². The van der Waals surface area contributed by atoms with Crippen LogP contribution in [0, 0.1) is 18.7 Å². The monoisotopic (exact) mass is 467 g/mol. The molecule has 1 aliphatic carbocycles. The maximum absolute atomic E-state index is 13.9. The van der Waals surface area contributed by atoms with Gasteiger partial charge in [-0.1, -0.05) is 31.7 Å². The van der Waals surface area contributed by atoms with Crippen LogP contribution in [0.3, 0.4) is 0 Å². The molecule has 0 bridgehead atoms. The highest BCUT2D eigenvalue weighted by Crippen LogP contribution is 2.29. The zero-order chi connectivity index (χ0) is 23.2. The second kappa shape index (κ2) is 10.5. The summed E-state index contributed by atoms with van der Waals surface area (Å²) in [4.78, 5) is 35.0. The van der Waals surface area contributed by atoms with Crippen LogP contribution in [0.2, 0.25) is 0 Å². The molecule has 4 rings (SSSR count). The highest BCUT2D eigenvalue weighted by Gasteiger charge is 2.27. The highest BCUT2D eigenvalue weighted by molar-refractivity contribution is 7.15. The van der Waals surface area contributed by atoms with Crippen molar-refractivity contribution >= 4 is 39.7 Å². The van der Waals surface area contributed by atoms with Gasteiger partial charge >= 0.3 is 0 Å². The molecule has 1 saturated carbocycles. The largest absolute Gasteiger partial charge is 0.353 e. The summed E-state index contributed by atoms with van der Waals surface area (Å²) in [5.41, 5.74) is 1.20. The number of thiazole rings is 1. The van der Waals surface area contributed by atoms with Crippen molar-refractivity contribution in [1.29, 1.82) is 0 Å². The third-order valence-corrected chi connectivity index (χ3v) is 6.52. The van der Waals surface area contributed by atoms with Crippen LogP contribution in [0.5, 0.6) is 0 Å². The van der Waals surface area contributed by atoms with Gasteiger partial charge in [-0.3, -0.25) is 14.6 Å². The fraction of sp³-hybridized carbons (Fsp3) is 0.333. The molecule has 1 atom stereocenters. The van der Waals surface area contributed by atoms with Gasteiger partial charge in [-0.15, -0.1) is 11.3 Å². The van der Waals surface area contributed by atoms with E-state index >= 15 is 0 Å². The van der Waals surface area contributed by atoms with Crippen LogP contribution in [-0.2, 0) is 4.79 Å².